The van der Waals surface area contributed by atoms with Crippen molar-refractivity contribution in [2.24, 2.45) is 0 Å². The summed E-state index contributed by atoms with van der Waals surface area (Å²) in [6.07, 6.45) is 4.77. The summed E-state index contributed by atoms with van der Waals surface area (Å²) in [6, 6.07) is 9.04. The first-order valence-electron chi connectivity index (χ1n) is 7.19. The molecule has 3 aromatic rings. The van der Waals surface area contributed by atoms with Gasteiger partial charge in [-0.05, 0) is 54.4 Å². The van der Waals surface area contributed by atoms with Crippen molar-refractivity contribution in [3.8, 4) is 11.3 Å². The topological polar surface area (TPSA) is 72.2 Å². The van der Waals surface area contributed by atoms with Crippen molar-refractivity contribution >= 4 is 10.0 Å². The Morgan fingerprint density at radius 1 is 1.21 bits per heavy atom. The van der Waals surface area contributed by atoms with Gasteiger partial charge in [-0.1, -0.05) is 0 Å². The van der Waals surface area contributed by atoms with Gasteiger partial charge in [0.1, 0.15) is 11.6 Å². The fraction of sp³-hybridized carbons (Fsp3) is 0.118. The van der Waals surface area contributed by atoms with Crippen molar-refractivity contribution < 1.29 is 17.2 Å². The van der Waals surface area contributed by atoms with E-state index in [4.69, 9.17) is 4.42 Å². The first kappa shape index (κ1) is 16.4. The van der Waals surface area contributed by atoms with Gasteiger partial charge in [-0.15, -0.1) is 0 Å². The Morgan fingerprint density at radius 2 is 2.04 bits per heavy atom. The molecular formula is C17H15FN2O3S. The monoisotopic (exact) mass is 346 g/mol. The van der Waals surface area contributed by atoms with Gasteiger partial charge >= 0.3 is 0 Å². The largest absolute Gasteiger partial charge is 0.464 e. The number of sulfonamides is 1. The smallest absolute Gasteiger partial charge is 0.240 e. The summed E-state index contributed by atoms with van der Waals surface area (Å²) in [5.41, 5.74) is 1.72. The summed E-state index contributed by atoms with van der Waals surface area (Å²) in [6.45, 7) is 1.59. The molecule has 5 nitrogen and oxygen atoms in total. The molecule has 0 amide bonds. The van der Waals surface area contributed by atoms with Gasteiger partial charge in [-0.3, -0.25) is 4.98 Å². The molecule has 0 unspecified atom stereocenters. The van der Waals surface area contributed by atoms with Crippen molar-refractivity contribution in [3.05, 3.63) is 72.0 Å². The molecule has 0 bridgehead atoms. The molecule has 0 aliphatic heterocycles. The lowest BCUT2D eigenvalue weighted by Gasteiger charge is -2.08. The van der Waals surface area contributed by atoms with Gasteiger partial charge in [-0.2, -0.15) is 0 Å². The third kappa shape index (κ3) is 3.52. The van der Waals surface area contributed by atoms with Crippen LogP contribution in [0.4, 0.5) is 4.39 Å². The number of furan rings is 1. The second-order valence-corrected chi connectivity index (χ2v) is 7.06. The number of rotatable bonds is 5. The standard InChI is InChI=1S/C17H15FN2O3S/c1-12-7-15(4-5-16(12)18)24(21,22)20-10-13-8-14(11-19-9-13)17-3-2-6-23-17/h2-9,11,20H,10H2,1H3. The van der Waals surface area contributed by atoms with Gasteiger partial charge in [0, 0.05) is 24.5 Å². The van der Waals surface area contributed by atoms with Crippen LogP contribution in [0, 0.1) is 12.7 Å². The van der Waals surface area contributed by atoms with Crippen LogP contribution in [-0.4, -0.2) is 13.4 Å². The summed E-state index contributed by atoms with van der Waals surface area (Å²) in [4.78, 5) is 4.12. The first-order valence-corrected chi connectivity index (χ1v) is 8.68. The van der Waals surface area contributed by atoms with Crippen LogP contribution in [0.2, 0.25) is 0 Å². The van der Waals surface area contributed by atoms with E-state index in [1.807, 2.05) is 0 Å². The number of aryl methyl sites for hydroxylation is 1. The molecule has 24 heavy (non-hydrogen) atoms. The third-order valence-corrected chi connectivity index (χ3v) is 4.91. The van der Waals surface area contributed by atoms with Crippen LogP contribution in [0.25, 0.3) is 11.3 Å². The highest BCUT2D eigenvalue weighted by atomic mass is 32.2. The summed E-state index contributed by atoms with van der Waals surface area (Å²) in [5.74, 6) is 0.214. The number of nitrogens with one attached hydrogen (secondary N) is 1. The lowest BCUT2D eigenvalue weighted by Crippen LogP contribution is -2.23. The van der Waals surface area contributed by atoms with Crippen LogP contribution in [-0.2, 0) is 16.6 Å². The number of hydrogen-bond donors (Lipinski definition) is 1. The molecule has 0 radical (unpaired) electrons. The number of halogens is 1. The van der Waals surface area contributed by atoms with E-state index in [9.17, 15) is 12.8 Å². The molecule has 7 heteroatoms. The maximum Gasteiger partial charge on any atom is 0.240 e. The number of nitrogens with zero attached hydrogens (tertiary/aromatic N) is 1. The summed E-state index contributed by atoms with van der Waals surface area (Å²) >= 11 is 0. The molecule has 2 aromatic heterocycles. The van der Waals surface area contributed by atoms with E-state index in [2.05, 4.69) is 9.71 Å². The van der Waals surface area contributed by atoms with Crippen LogP contribution in [0.5, 0.6) is 0 Å². The van der Waals surface area contributed by atoms with Gasteiger partial charge in [0.25, 0.3) is 0 Å². The van der Waals surface area contributed by atoms with Crippen LogP contribution >= 0.6 is 0 Å². The number of pyridine rings is 1. The second-order valence-electron chi connectivity index (χ2n) is 5.29. The zero-order valence-corrected chi connectivity index (χ0v) is 13.7. The van der Waals surface area contributed by atoms with Crippen LogP contribution in [0.15, 0.2) is 64.4 Å². The van der Waals surface area contributed by atoms with Gasteiger partial charge < -0.3 is 4.42 Å². The summed E-state index contributed by atoms with van der Waals surface area (Å²) in [5, 5.41) is 0. The van der Waals surface area contributed by atoms with E-state index >= 15 is 0 Å². The normalized spacial score (nSPS) is 11.6. The average molecular weight is 346 g/mol. The fourth-order valence-corrected chi connectivity index (χ4v) is 3.31. The number of hydrogen-bond acceptors (Lipinski definition) is 4. The molecule has 0 fully saturated rings. The molecule has 0 saturated carbocycles. The van der Waals surface area contributed by atoms with E-state index in [0.29, 0.717) is 11.3 Å². The Hall–Kier alpha value is -2.51. The van der Waals surface area contributed by atoms with E-state index < -0.39 is 15.8 Å². The van der Waals surface area contributed by atoms with Crippen LogP contribution in [0.3, 0.4) is 0 Å². The van der Waals surface area contributed by atoms with Crippen molar-refractivity contribution in [3.63, 3.8) is 0 Å². The minimum atomic E-state index is -3.73. The first-order chi connectivity index (χ1) is 11.5. The Kier molecular flexibility index (Phi) is 4.46. The maximum absolute atomic E-state index is 13.3. The Bertz CT molecular complexity index is 954. The fourth-order valence-electron chi connectivity index (χ4n) is 2.21. The highest BCUT2D eigenvalue weighted by Crippen LogP contribution is 2.20. The highest BCUT2D eigenvalue weighted by Gasteiger charge is 2.15. The Morgan fingerprint density at radius 3 is 2.75 bits per heavy atom. The Balaban J connectivity index is 1.77. The molecule has 124 valence electrons. The molecule has 2 heterocycles. The molecule has 0 aliphatic carbocycles. The van der Waals surface area contributed by atoms with Gasteiger partial charge in [0.2, 0.25) is 10.0 Å². The van der Waals surface area contributed by atoms with Crippen molar-refractivity contribution in [1.29, 1.82) is 0 Å². The highest BCUT2D eigenvalue weighted by molar-refractivity contribution is 7.89. The minimum absolute atomic E-state index is 0.0246. The number of aromatic nitrogens is 1. The van der Waals surface area contributed by atoms with Crippen LogP contribution < -0.4 is 4.72 Å². The molecule has 1 N–H and O–H groups in total. The van der Waals surface area contributed by atoms with Crippen LogP contribution in [0.1, 0.15) is 11.1 Å². The van der Waals surface area contributed by atoms with E-state index in [1.165, 1.54) is 19.1 Å². The number of benzene rings is 1. The average Bonchev–Trinajstić information content (AvgIpc) is 3.10. The van der Waals surface area contributed by atoms with Crippen molar-refractivity contribution in [1.82, 2.24) is 9.71 Å². The Labute approximate surface area is 139 Å². The molecule has 0 saturated heterocycles. The molecule has 3 rings (SSSR count). The van der Waals surface area contributed by atoms with Gasteiger partial charge in [-0.25, -0.2) is 17.5 Å². The van der Waals surface area contributed by atoms with Gasteiger partial charge in [0.05, 0.1) is 11.2 Å². The van der Waals surface area contributed by atoms with Crippen molar-refractivity contribution in [2.45, 2.75) is 18.4 Å². The van der Waals surface area contributed by atoms with Gasteiger partial charge in [0.15, 0.2) is 0 Å². The molecule has 1 aromatic carbocycles. The third-order valence-electron chi connectivity index (χ3n) is 3.51. The molecule has 0 atom stereocenters. The van der Waals surface area contributed by atoms with E-state index in [1.54, 1.807) is 36.9 Å². The predicted molar refractivity (Wildman–Crippen MR) is 87.1 cm³/mol. The van der Waals surface area contributed by atoms with Crippen molar-refractivity contribution in [2.75, 3.05) is 0 Å². The lowest BCUT2D eigenvalue weighted by molar-refractivity contribution is 0.579. The summed E-state index contributed by atoms with van der Waals surface area (Å²) in [7, 11) is -3.73. The minimum Gasteiger partial charge on any atom is -0.464 e. The lowest BCUT2D eigenvalue weighted by atomic mass is 10.2. The molecule has 0 aliphatic rings. The van der Waals surface area contributed by atoms with E-state index in [0.717, 1.165) is 11.6 Å². The SMILES string of the molecule is Cc1cc(S(=O)(=O)NCc2cncc(-c3ccco3)c2)ccc1F. The summed E-state index contributed by atoms with van der Waals surface area (Å²) < 4.78 is 45.7. The quantitative estimate of drug-likeness (QED) is 0.770. The second kappa shape index (κ2) is 6.54. The molecular weight excluding hydrogens is 331 g/mol. The predicted octanol–water partition coefficient (Wildman–Crippen LogP) is 3.27. The zero-order valence-electron chi connectivity index (χ0n) is 12.9. The zero-order chi connectivity index (χ0) is 17.2. The maximum atomic E-state index is 13.3. The molecule has 0 spiro atoms. The van der Waals surface area contributed by atoms with E-state index in [-0.39, 0.29) is 17.0 Å².